The highest BCUT2D eigenvalue weighted by atomic mass is 16.6. The molecule has 10 nitrogen and oxygen atoms in total. The molecule has 0 bridgehead atoms. The second-order valence-corrected chi connectivity index (χ2v) is 6.97. The minimum Gasteiger partial charge on any atom is -0.480 e. The van der Waals surface area contributed by atoms with Gasteiger partial charge in [0.15, 0.2) is 18.2 Å². The lowest BCUT2D eigenvalue weighted by atomic mass is 10.2. The Morgan fingerprint density at radius 3 is 2.81 bits per heavy atom. The van der Waals surface area contributed by atoms with Crippen LogP contribution in [-0.4, -0.2) is 58.4 Å². The minimum atomic E-state index is -1.10. The van der Waals surface area contributed by atoms with E-state index in [1.165, 1.54) is 4.90 Å². The summed E-state index contributed by atoms with van der Waals surface area (Å²) in [7, 11) is 0. The first-order valence-corrected chi connectivity index (χ1v) is 8.51. The number of ether oxygens (including phenoxy) is 2. The fraction of sp³-hybridized carbons (Fsp3) is 0.529. The molecule has 148 valence electrons. The van der Waals surface area contributed by atoms with Gasteiger partial charge in [-0.2, -0.15) is 0 Å². The minimum absolute atomic E-state index is 0.0465. The van der Waals surface area contributed by atoms with Crippen molar-refractivity contribution in [3.63, 3.8) is 0 Å². The van der Waals surface area contributed by atoms with Crippen molar-refractivity contribution in [3.05, 3.63) is 17.8 Å². The van der Waals surface area contributed by atoms with Crippen LogP contribution in [0, 0.1) is 0 Å². The number of hydrogen-bond acceptors (Lipinski definition) is 6. The van der Waals surface area contributed by atoms with Crippen molar-refractivity contribution in [1.29, 1.82) is 0 Å². The third kappa shape index (κ3) is 6.65. The number of nitrogens with one attached hydrogen (secondary N) is 2. The predicted molar refractivity (Wildman–Crippen MR) is 95.7 cm³/mol. The molecule has 2 rings (SSSR count). The topological polar surface area (TPSA) is 130 Å². The number of carbonyl (C=O) groups is 3. The van der Waals surface area contributed by atoms with Crippen LogP contribution in [0.15, 0.2) is 12.1 Å². The summed E-state index contributed by atoms with van der Waals surface area (Å²) in [4.78, 5) is 39.8. The number of carbonyl (C=O) groups excluding carboxylic acids is 2. The number of amides is 3. The summed E-state index contributed by atoms with van der Waals surface area (Å²) >= 11 is 0. The van der Waals surface area contributed by atoms with Gasteiger partial charge in [-0.05, 0) is 39.3 Å². The molecule has 0 saturated carbocycles. The summed E-state index contributed by atoms with van der Waals surface area (Å²) in [5.41, 5.74) is -0.115. The van der Waals surface area contributed by atoms with Crippen LogP contribution in [0.25, 0.3) is 0 Å². The van der Waals surface area contributed by atoms with Gasteiger partial charge in [0.05, 0.1) is 12.2 Å². The lowest BCUT2D eigenvalue weighted by Gasteiger charge is -2.22. The van der Waals surface area contributed by atoms with Crippen molar-refractivity contribution in [2.24, 2.45) is 0 Å². The van der Waals surface area contributed by atoms with Gasteiger partial charge >= 0.3 is 12.2 Å². The largest absolute Gasteiger partial charge is 0.480 e. The molecule has 3 amide bonds. The van der Waals surface area contributed by atoms with Crippen LogP contribution in [0.1, 0.15) is 32.9 Å². The molecule has 27 heavy (non-hydrogen) atoms. The van der Waals surface area contributed by atoms with Crippen molar-refractivity contribution in [3.8, 4) is 5.75 Å². The van der Waals surface area contributed by atoms with E-state index in [9.17, 15) is 19.5 Å². The summed E-state index contributed by atoms with van der Waals surface area (Å²) < 4.78 is 10.3. The SMILES string of the molecule is CC(C)(C)OC(=O)NCCCN(Cc1ccc2c(n1)NC(=O)CO2)C(=O)O. The van der Waals surface area contributed by atoms with Crippen molar-refractivity contribution < 1.29 is 29.0 Å². The van der Waals surface area contributed by atoms with E-state index in [1.807, 2.05) is 0 Å². The van der Waals surface area contributed by atoms with Gasteiger partial charge in [0, 0.05) is 13.1 Å². The molecule has 1 aromatic heterocycles. The number of aromatic nitrogens is 1. The number of nitrogens with zero attached hydrogens (tertiary/aromatic N) is 2. The zero-order valence-electron chi connectivity index (χ0n) is 15.6. The molecule has 1 aromatic rings. The molecule has 0 aliphatic carbocycles. The Bertz CT molecular complexity index is 716. The molecule has 3 N–H and O–H groups in total. The molecule has 0 radical (unpaired) electrons. The summed E-state index contributed by atoms with van der Waals surface area (Å²) in [5, 5.41) is 14.5. The zero-order chi connectivity index (χ0) is 20.0. The first kappa shape index (κ1) is 20.3. The molecule has 1 aliphatic heterocycles. The van der Waals surface area contributed by atoms with E-state index < -0.39 is 17.8 Å². The highest BCUT2D eigenvalue weighted by molar-refractivity contribution is 5.94. The van der Waals surface area contributed by atoms with Gasteiger partial charge in [-0.3, -0.25) is 4.79 Å². The Labute approximate surface area is 156 Å². The molecule has 0 atom stereocenters. The molecule has 0 spiro atoms. The van der Waals surface area contributed by atoms with Crippen LogP contribution in [-0.2, 0) is 16.1 Å². The third-order valence-corrected chi connectivity index (χ3v) is 3.43. The van der Waals surface area contributed by atoms with Crippen LogP contribution in [0.4, 0.5) is 15.4 Å². The van der Waals surface area contributed by atoms with E-state index in [4.69, 9.17) is 9.47 Å². The molecule has 1 aliphatic rings. The van der Waals surface area contributed by atoms with Crippen LogP contribution >= 0.6 is 0 Å². The fourth-order valence-electron chi connectivity index (χ4n) is 2.30. The van der Waals surface area contributed by atoms with E-state index in [-0.39, 0.29) is 38.0 Å². The van der Waals surface area contributed by atoms with Crippen molar-refractivity contribution in [2.75, 3.05) is 25.0 Å². The molecule has 0 saturated heterocycles. The lowest BCUT2D eigenvalue weighted by molar-refractivity contribution is -0.118. The van der Waals surface area contributed by atoms with Gasteiger partial charge in [0.1, 0.15) is 5.60 Å². The number of hydrogen-bond donors (Lipinski definition) is 3. The van der Waals surface area contributed by atoms with Crippen molar-refractivity contribution >= 4 is 23.9 Å². The fourth-order valence-corrected chi connectivity index (χ4v) is 2.30. The van der Waals surface area contributed by atoms with Crippen LogP contribution in [0.5, 0.6) is 5.75 Å². The Hall–Kier alpha value is -3.04. The summed E-state index contributed by atoms with van der Waals surface area (Å²) in [6, 6.07) is 3.28. The second-order valence-electron chi connectivity index (χ2n) is 6.97. The normalized spacial score (nSPS) is 13.1. The quantitative estimate of drug-likeness (QED) is 0.642. The maximum Gasteiger partial charge on any atom is 0.407 e. The van der Waals surface area contributed by atoms with E-state index in [0.29, 0.717) is 17.9 Å². The van der Waals surface area contributed by atoms with Crippen LogP contribution < -0.4 is 15.4 Å². The first-order valence-electron chi connectivity index (χ1n) is 8.51. The third-order valence-electron chi connectivity index (χ3n) is 3.43. The molecule has 10 heteroatoms. The lowest BCUT2D eigenvalue weighted by Crippen LogP contribution is -2.35. The standard InChI is InChI=1S/C17H24N4O6/c1-17(2,3)27-15(23)18-7-4-8-21(16(24)25)9-11-5-6-12-14(19-11)20-13(22)10-26-12/h5-6H,4,7-10H2,1-3H3,(H,18,23)(H,24,25)(H,19,20,22). The molecule has 0 unspecified atom stereocenters. The Morgan fingerprint density at radius 2 is 2.15 bits per heavy atom. The Balaban J connectivity index is 1.85. The monoisotopic (exact) mass is 380 g/mol. The van der Waals surface area contributed by atoms with Crippen LogP contribution in [0.3, 0.4) is 0 Å². The maximum atomic E-state index is 11.6. The van der Waals surface area contributed by atoms with Gasteiger partial charge in [0.25, 0.3) is 5.91 Å². The summed E-state index contributed by atoms with van der Waals surface area (Å²) in [6.07, 6.45) is -1.24. The molecular formula is C17H24N4O6. The van der Waals surface area contributed by atoms with Gasteiger partial charge < -0.3 is 30.1 Å². The number of pyridine rings is 1. The van der Waals surface area contributed by atoms with Gasteiger partial charge in [-0.15, -0.1) is 0 Å². The maximum absolute atomic E-state index is 11.6. The Kier molecular flexibility index (Phi) is 6.43. The number of rotatable bonds is 6. The summed E-state index contributed by atoms with van der Waals surface area (Å²) in [5.74, 6) is 0.415. The van der Waals surface area contributed by atoms with Crippen LogP contribution in [0.2, 0.25) is 0 Å². The van der Waals surface area contributed by atoms with Crippen molar-refractivity contribution in [1.82, 2.24) is 15.2 Å². The highest BCUT2D eigenvalue weighted by Crippen LogP contribution is 2.25. The number of fused-ring (bicyclic) bond motifs is 1. The zero-order valence-corrected chi connectivity index (χ0v) is 15.6. The van der Waals surface area contributed by atoms with E-state index in [0.717, 1.165) is 0 Å². The predicted octanol–water partition coefficient (Wildman–Crippen LogP) is 1.81. The number of carboxylic acid groups (broad SMARTS) is 1. The number of anilines is 1. The molecule has 0 fully saturated rings. The van der Waals surface area contributed by atoms with E-state index >= 15 is 0 Å². The van der Waals surface area contributed by atoms with Gasteiger partial charge in [0.2, 0.25) is 0 Å². The van der Waals surface area contributed by atoms with E-state index in [2.05, 4.69) is 15.6 Å². The van der Waals surface area contributed by atoms with Gasteiger partial charge in [-0.1, -0.05) is 0 Å². The summed E-state index contributed by atoms with van der Waals surface area (Å²) in [6.45, 7) is 5.74. The molecule has 2 heterocycles. The highest BCUT2D eigenvalue weighted by Gasteiger charge is 2.20. The second kappa shape index (κ2) is 8.56. The first-order chi connectivity index (χ1) is 12.6. The van der Waals surface area contributed by atoms with Gasteiger partial charge in [-0.25, -0.2) is 14.6 Å². The molecule has 0 aromatic carbocycles. The van der Waals surface area contributed by atoms with E-state index in [1.54, 1.807) is 32.9 Å². The van der Waals surface area contributed by atoms with Crippen molar-refractivity contribution in [2.45, 2.75) is 39.3 Å². The molecular weight excluding hydrogens is 356 g/mol. The average molecular weight is 380 g/mol. The number of alkyl carbamates (subject to hydrolysis) is 1. The smallest absolute Gasteiger partial charge is 0.407 e. The average Bonchev–Trinajstić information content (AvgIpc) is 2.55. The Morgan fingerprint density at radius 1 is 1.41 bits per heavy atom.